The molecule has 0 aliphatic rings. The zero-order valence-electron chi connectivity index (χ0n) is 13.4. The summed E-state index contributed by atoms with van der Waals surface area (Å²) in [5, 5.41) is 0. The second-order valence-corrected chi connectivity index (χ2v) is 4.14. The number of unbranched alkanes of at least 4 members (excludes halogenated alkanes) is 2. The third-order valence-electron chi connectivity index (χ3n) is 2.59. The average Bonchev–Trinajstić information content (AvgIpc) is 2.43. The third kappa shape index (κ3) is 6.70. The summed E-state index contributed by atoms with van der Waals surface area (Å²) in [4.78, 5) is 0. The number of ether oxygens (including phenoxy) is 4. The van der Waals surface area contributed by atoms with Gasteiger partial charge in [-0.2, -0.15) is 0 Å². The highest BCUT2D eigenvalue weighted by molar-refractivity contribution is 5.02. The van der Waals surface area contributed by atoms with Gasteiger partial charge in [0.1, 0.15) is 0 Å². The van der Waals surface area contributed by atoms with Crippen molar-refractivity contribution >= 4 is 0 Å². The van der Waals surface area contributed by atoms with E-state index in [0.717, 1.165) is 19.3 Å². The van der Waals surface area contributed by atoms with Gasteiger partial charge in [-0.15, -0.1) is 0 Å². The highest BCUT2D eigenvalue weighted by atomic mass is 16.9. The highest BCUT2D eigenvalue weighted by Crippen LogP contribution is 2.27. The van der Waals surface area contributed by atoms with Crippen LogP contribution in [0.25, 0.3) is 0 Å². The van der Waals surface area contributed by atoms with Crippen molar-refractivity contribution in [3.8, 4) is 0 Å². The first-order chi connectivity index (χ1) is 9.70. The Kier molecular flexibility index (Phi) is 11.8. The molecule has 0 heterocycles. The third-order valence-corrected chi connectivity index (χ3v) is 2.59. The van der Waals surface area contributed by atoms with Crippen LogP contribution in [0.5, 0.6) is 0 Å². The van der Waals surface area contributed by atoms with Gasteiger partial charge < -0.3 is 24.7 Å². The number of nitrogens with two attached hydrogens (primary N) is 1. The first kappa shape index (κ1) is 19.4. The van der Waals surface area contributed by atoms with Crippen molar-refractivity contribution in [3.63, 3.8) is 0 Å². The van der Waals surface area contributed by atoms with Crippen LogP contribution in [0.2, 0.25) is 0 Å². The quantitative estimate of drug-likeness (QED) is 0.321. The maximum absolute atomic E-state index is 5.72. The molecule has 0 amide bonds. The Morgan fingerprint density at radius 3 is 1.85 bits per heavy atom. The molecule has 2 N–H and O–H groups in total. The summed E-state index contributed by atoms with van der Waals surface area (Å²) in [6, 6.07) is 0. The SMILES string of the molecule is CCOC(=CCCCCN)C(OCC)(OCC)OCC. The van der Waals surface area contributed by atoms with Gasteiger partial charge in [0, 0.05) is 0 Å². The van der Waals surface area contributed by atoms with Gasteiger partial charge in [-0.3, -0.25) is 0 Å². The maximum Gasteiger partial charge on any atom is 0.345 e. The molecule has 0 spiro atoms. The molecule has 5 heteroatoms. The molecule has 0 saturated heterocycles. The standard InChI is InChI=1S/C15H31NO4/c1-5-17-14(12-10-9-11-13-16)15(18-6-2,19-7-3)20-8-4/h12H,5-11,13,16H2,1-4H3. The summed E-state index contributed by atoms with van der Waals surface area (Å²) >= 11 is 0. The van der Waals surface area contributed by atoms with Crippen molar-refractivity contribution < 1.29 is 18.9 Å². The summed E-state index contributed by atoms with van der Waals surface area (Å²) in [6.45, 7) is 10.3. The predicted octanol–water partition coefficient (Wildman–Crippen LogP) is 2.80. The minimum atomic E-state index is -1.23. The Labute approximate surface area is 123 Å². The molecule has 0 aliphatic carbocycles. The molecule has 0 atom stereocenters. The molecule has 0 aromatic rings. The van der Waals surface area contributed by atoms with Gasteiger partial charge in [0.25, 0.3) is 0 Å². The lowest BCUT2D eigenvalue weighted by Crippen LogP contribution is -2.42. The average molecular weight is 289 g/mol. The second kappa shape index (κ2) is 12.1. The first-order valence-electron chi connectivity index (χ1n) is 7.65. The van der Waals surface area contributed by atoms with E-state index in [0.29, 0.717) is 38.7 Å². The molecule has 0 saturated carbocycles. The fraction of sp³-hybridized carbons (Fsp3) is 0.867. The van der Waals surface area contributed by atoms with Gasteiger partial charge in [0.05, 0.1) is 26.4 Å². The summed E-state index contributed by atoms with van der Waals surface area (Å²) < 4.78 is 22.9. The Bertz CT molecular complexity index is 239. The van der Waals surface area contributed by atoms with Gasteiger partial charge in [-0.25, -0.2) is 0 Å². The van der Waals surface area contributed by atoms with Gasteiger partial charge in [-0.1, -0.05) is 0 Å². The first-order valence-corrected chi connectivity index (χ1v) is 7.65. The smallest absolute Gasteiger partial charge is 0.345 e. The van der Waals surface area contributed by atoms with E-state index in [1.54, 1.807) is 0 Å². The van der Waals surface area contributed by atoms with E-state index in [1.807, 2.05) is 33.8 Å². The van der Waals surface area contributed by atoms with E-state index in [2.05, 4.69) is 0 Å². The van der Waals surface area contributed by atoms with Crippen LogP contribution in [0, 0.1) is 0 Å². The summed E-state index contributed by atoms with van der Waals surface area (Å²) in [7, 11) is 0. The van der Waals surface area contributed by atoms with E-state index >= 15 is 0 Å². The zero-order valence-corrected chi connectivity index (χ0v) is 13.4. The van der Waals surface area contributed by atoms with Gasteiger partial charge in [-0.05, 0) is 59.6 Å². The summed E-state index contributed by atoms with van der Waals surface area (Å²) in [5.74, 6) is -0.626. The fourth-order valence-electron chi connectivity index (χ4n) is 1.86. The van der Waals surface area contributed by atoms with Crippen LogP contribution in [0.15, 0.2) is 11.8 Å². The predicted molar refractivity (Wildman–Crippen MR) is 80.2 cm³/mol. The van der Waals surface area contributed by atoms with Crippen molar-refractivity contribution in [1.82, 2.24) is 0 Å². The maximum atomic E-state index is 5.72. The van der Waals surface area contributed by atoms with Crippen molar-refractivity contribution in [2.75, 3.05) is 33.0 Å². The lowest BCUT2D eigenvalue weighted by molar-refractivity contribution is -0.367. The van der Waals surface area contributed by atoms with Gasteiger partial charge in [0.2, 0.25) is 0 Å². The van der Waals surface area contributed by atoms with Crippen molar-refractivity contribution in [2.24, 2.45) is 5.73 Å². The topological polar surface area (TPSA) is 62.9 Å². The Balaban J connectivity index is 5.04. The molecule has 0 fully saturated rings. The van der Waals surface area contributed by atoms with Gasteiger partial charge in [0.15, 0.2) is 5.76 Å². The molecule has 5 nitrogen and oxygen atoms in total. The van der Waals surface area contributed by atoms with Crippen molar-refractivity contribution in [2.45, 2.75) is 52.9 Å². The highest BCUT2D eigenvalue weighted by Gasteiger charge is 2.39. The minimum absolute atomic E-state index is 0.479. The fourth-order valence-corrected chi connectivity index (χ4v) is 1.86. The molecule has 120 valence electrons. The van der Waals surface area contributed by atoms with Crippen LogP contribution in [0.1, 0.15) is 47.0 Å². The van der Waals surface area contributed by atoms with Gasteiger partial charge >= 0.3 is 5.97 Å². The lowest BCUT2D eigenvalue weighted by Gasteiger charge is -2.33. The second-order valence-electron chi connectivity index (χ2n) is 4.14. The Morgan fingerprint density at radius 2 is 1.45 bits per heavy atom. The number of allylic oxidation sites excluding steroid dienone is 1. The van der Waals surface area contributed by atoms with E-state index in [1.165, 1.54) is 0 Å². The Morgan fingerprint density at radius 1 is 0.900 bits per heavy atom. The van der Waals surface area contributed by atoms with E-state index in [9.17, 15) is 0 Å². The van der Waals surface area contributed by atoms with Crippen LogP contribution in [-0.4, -0.2) is 38.9 Å². The van der Waals surface area contributed by atoms with Crippen LogP contribution in [-0.2, 0) is 18.9 Å². The van der Waals surface area contributed by atoms with Crippen LogP contribution in [0.4, 0.5) is 0 Å². The van der Waals surface area contributed by atoms with Crippen LogP contribution < -0.4 is 5.73 Å². The molecule has 0 rings (SSSR count). The van der Waals surface area contributed by atoms with Crippen LogP contribution >= 0.6 is 0 Å². The molecule has 0 unspecified atom stereocenters. The Hall–Kier alpha value is -0.620. The zero-order chi connectivity index (χ0) is 15.3. The van der Waals surface area contributed by atoms with Crippen molar-refractivity contribution in [1.29, 1.82) is 0 Å². The summed E-state index contributed by atoms with van der Waals surface area (Å²) in [5.41, 5.74) is 5.51. The van der Waals surface area contributed by atoms with E-state index in [4.69, 9.17) is 24.7 Å². The number of hydrogen-bond donors (Lipinski definition) is 1. The van der Waals surface area contributed by atoms with E-state index in [-0.39, 0.29) is 0 Å². The molecular weight excluding hydrogens is 258 g/mol. The molecule has 20 heavy (non-hydrogen) atoms. The van der Waals surface area contributed by atoms with Crippen LogP contribution in [0.3, 0.4) is 0 Å². The monoisotopic (exact) mass is 289 g/mol. The molecular formula is C15H31NO4. The molecule has 0 aromatic carbocycles. The largest absolute Gasteiger partial charge is 0.490 e. The molecule has 0 aromatic heterocycles. The minimum Gasteiger partial charge on any atom is -0.490 e. The molecule has 0 aliphatic heterocycles. The normalized spacial score (nSPS) is 12.8. The van der Waals surface area contributed by atoms with E-state index < -0.39 is 5.97 Å². The molecule has 0 bridgehead atoms. The lowest BCUT2D eigenvalue weighted by atomic mass is 10.2. The number of rotatable bonds is 13. The molecule has 0 radical (unpaired) electrons. The van der Waals surface area contributed by atoms with Crippen molar-refractivity contribution in [3.05, 3.63) is 11.8 Å². The number of hydrogen-bond acceptors (Lipinski definition) is 5. The summed E-state index contributed by atoms with van der Waals surface area (Å²) in [6.07, 6.45) is 4.84.